The number of anilines is 1. The van der Waals surface area contributed by atoms with Crippen LogP contribution < -0.4 is 9.46 Å². The number of nitrogens with one attached hydrogen (secondary N) is 1. The van der Waals surface area contributed by atoms with Crippen molar-refractivity contribution in [3.63, 3.8) is 0 Å². The van der Waals surface area contributed by atoms with Crippen molar-refractivity contribution in [3.05, 3.63) is 53.6 Å². The molecule has 2 aromatic rings. The molecule has 0 bridgehead atoms. The molecule has 0 aromatic heterocycles. The molecule has 37 heavy (non-hydrogen) atoms. The highest BCUT2D eigenvalue weighted by molar-refractivity contribution is 7.92. The molecule has 1 amide bonds. The number of fused-ring (bicyclic) bond motifs is 1. The van der Waals surface area contributed by atoms with Gasteiger partial charge in [-0.1, -0.05) is 25.1 Å². The molecular formula is C25H35N3O7S2. The Bertz CT molecular complexity index is 1350. The maximum absolute atomic E-state index is 13.5. The van der Waals surface area contributed by atoms with Gasteiger partial charge in [0.05, 0.1) is 28.9 Å². The SMILES string of the molecule is CO[C@@H]1CN(C)C(=O)c2cc(NS(=O)(=O)c3ccccc3C)ccc2OC[C@@H](C)N(S(C)(=O)=O)C[C@@H]1C. The number of carbonyl (C=O) groups excluding carboxylic acids is 1. The zero-order chi connectivity index (χ0) is 27.5. The number of rotatable bonds is 5. The Kier molecular flexibility index (Phi) is 8.89. The summed E-state index contributed by atoms with van der Waals surface area (Å²) in [7, 11) is -4.32. The number of aryl methyl sites for hydroxylation is 1. The van der Waals surface area contributed by atoms with Crippen LogP contribution in [0.1, 0.15) is 29.8 Å². The van der Waals surface area contributed by atoms with E-state index in [1.165, 1.54) is 40.6 Å². The topological polar surface area (TPSA) is 122 Å². The van der Waals surface area contributed by atoms with Gasteiger partial charge in [-0.05, 0) is 49.6 Å². The molecule has 0 saturated heterocycles. The van der Waals surface area contributed by atoms with Crippen molar-refractivity contribution in [1.82, 2.24) is 9.21 Å². The van der Waals surface area contributed by atoms with E-state index in [1.54, 1.807) is 39.1 Å². The standard InChI is InChI=1S/C25H35N3O7S2/c1-17-9-7-8-10-24(17)37(32,33)26-20-11-12-22-21(13-20)25(29)27(4)15-23(34-5)18(2)14-28(36(6,30)31)19(3)16-35-22/h7-13,18-19,23,26H,14-16H2,1-6H3/t18-,19+,23+/m0/s1. The summed E-state index contributed by atoms with van der Waals surface area (Å²) in [5, 5.41) is 0. The van der Waals surface area contributed by atoms with E-state index in [0.29, 0.717) is 5.56 Å². The highest BCUT2D eigenvalue weighted by Gasteiger charge is 2.32. The first-order valence-corrected chi connectivity index (χ1v) is 15.2. The predicted molar refractivity (Wildman–Crippen MR) is 142 cm³/mol. The Balaban J connectivity index is 2.02. The summed E-state index contributed by atoms with van der Waals surface area (Å²) in [5.41, 5.74) is 0.931. The average molecular weight is 554 g/mol. The Hall–Kier alpha value is -2.67. The molecule has 1 heterocycles. The fourth-order valence-corrected chi connectivity index (χ4v) is 6.85. The van der Waals surface area contributed by atoms with E-state index in [0.717, 1.165) is 6.26 Å². The monoisotopic (exact) mass is 553 g/mol. The number of methoxy groups -OCH3 is 1. The van der Waals surface area contributed by atoms with Gasteiger partial charge in [0, 0.05) is 32.9 Å². The summed E-state index contributed by atoms with van der Waals surface area (Å²) in [6.45, 7) is 5.71. The molecule has 10 nitrogen and oxygen atoms in total. The lowest BCUT2D eigenvalue weighted by Crippen LogP contribution is -2.48. The van der Waals surface area contributed by atoms with Gasteiger partial charge in [0.15, 0.2) is 0 Å². The zero-order valence-corrected chi connectivity index (χ0v) is 23.6. The summed E-state index contributed by atoms with van der Waals surface area (Å²) in [6, 6.07) is 10.5. The predicted octanol–water partition coefficient (Wildman–Crippen LogP) is 2.56. The van der Waals surface area contributed by atoms with Crippen molar-refractivity contribution in [2.24, 2.45) is 5.92 Å². The van der Waals surface area contributed by atoms with Crippen LogP contribution in [-0.2, 0) is 24.8 Å². The third-order valence-electron chi connectivity index (χ3n) is 6.45. The zero-order valence-electron chi connectivity index (χ0n) is 22.0. The Morgan fingerprint density at radius 2 is 1.73 bits per heavy atom. The molecule has 0 fully saturated rings. The largest absolute Gasteiger partial charge is 0.491 e. The number of likely N-dealkylation sites (N-methyl/N-ethyl adjacent to an activating group) is 1. The van der Waals surface area contributed by atoms with Gasteiger partial charge in [-0.15, -0.1) is 0 Å². The van der Waals surface area contributed by atoms with E-state index >= 15 is 0 Å². The fourth-order valence-electron chi connectivity index (χ4n) is 4.34. The van der Waals surface area contributed by atoms with E-state index in [-0.39, 0.29) is 53.4 Å². The number of nitrogens with zero attached hydrogens (tertiary/aromatic N) is 2. The van der Waals surface area contributed by atoms with Gasteiger partial charge in [0.1, 0.15) is 12.4 Å². The molecule has 1 N–H and O–H groups in total. The van der Waals surface area contributed by atoms with Crippen LogP contribution in [-0.4, -0.2) is 84.2 Å². The maximum Gasteiger partial charge on any atom is 0.262 e. The van der Waals surface area contributed by atoms with Crippen LogP contribution in [0, 0.1) is 12.8 Å². The smallest absolute Gasteiger partial charge is 0.262 e. The first-order chi connectivity index (χ1) is 17.2. The van der Waals surface area contributed by atoms with Gasteiger partial charge in [-0.2, -0.15) is 4.31 Å². The summed E-state index contributed by atoms with van der Waals surface area (Å²) in [4.78, 5) is 15.1. The number of benzene rings is 2. The van der Waals surface area contributed by atoms with Crippen LogP contribution in [0.2, 0.25) is 0 Å². The van der Waals surface area contributed by atoms with Crippen molar-refractivity contribution in [2.45, 2.75) is 37.8 Å². The number of sulfonamides is 2. The van der Waals surface area contributed by atoms with E-state index in [1.807, 2.05) is 6.92 Å². The molecule has 3 atom stereocenters. The molecule has 2 aromatic carbocycles. The van der Waals surface area contributed by atoms with Crippen molar-refractivity contribution in [3.8, 4) is 5.75 Å². The number of amides is 1. The summed E-state index contributed by atoms with van der Waals surface area (Å²) >= 11 is 0. The van der Waals surface area contributed by atoms with Gasteiger partial charge >= 0.3 is 0 Å². The van der Waals surface area contributed by atoms with Crippen LogP contribution in [0.5, 0.6) is 5.75 Å². The molecule has 204 valence electrons. The van der Waals surface area contributed by atoms with Crippen LogP contribution in [0.15, 0.2) is 47.4 Å². The summed E-state index contributed by atoms with van der Waals surface area (Å²) in [5.74, 6) is -0.378. The van der Waals surface area contributed by atoms with Gasteiger partial charge < -0.3 is 14.4 Å². The molecule has 0 saturated carbocycles. The molecule has 3 rings (SSSR count). The van der Waals surface area contributed by atoms with Crippen LogP contribution in [0.4, 0.5) is 5.69 Å². The lowest BCUT2D eigenvalue weighted by Gasteiger charge is -2.34. The normalized spacial score (nSPS) is 22.4. The highest BCUT2D eigenvalue weighted by Crippen LogP contribution is 2.28. The van der Waals surface area contributed by atoms with Crippen molar-refractivity contribution in [1.29, 1.82) is 0 Å². The average Bonchev–Trinajstić information content (AvgIpc) is 2.82. The van der Waals surface area contributed by atoms with E-state index in [4.69, 9.17) is 9.47 Å². The minimum atomic E-state index is -3.90. The Morgan fingerprint density at radius 3 is 2.35 bits per heavy atom. The molecule has 1 aliphatic heterocycles. The van der Waals surface area contributed by atoms with E-state index < -0.39 is 32.2 Å². The molecule has 0 spiro atoms. The molecule has 1 aliphatic rings. The van der Waals surface area contributed by atoms with E-state index in [9.17, 15) is 21.6 Å². The third-order valence-corrected chi connectivity index (χ3v) is 9.35. The van der Waals surface area contributed by atoms with Crippen LogP contribution in [0.3, 0.4) is 0 Å². The second kappa shape index (κ2) is 11.4. The third kappa shape index (κ3) is 6.81. The lowest BCUT2D eigenvalue weighted by molar-refractivity contribution is 0.0213. The first-order valence-electron chi connectivity index (χ1n) is 11.8. The summed E-state index contributed by atoms with van der Waals surface area (Å²) < 4.78 is 66.6. The maximum atomic E-state index is 13.5. The van der Waals surface area contributed by atoms with Gasteiger partial charge in [-0.3, -0.25) is 9.52 Å². The van der Waals surface area contributed by atoms with Crippen molar-refractivity contribution in [2.75, 3.05) is 44.8 Å². The minimum Gasteiger partial charge on any atom is -0.491 e. The van der Waals surface area contributed by atoms with Gasteiger partial charge in [0.2, 0.25) is 10.0 Å². The van der Waals surface area contributed by atoms with Gasteiger partial charge in [0.25, 0.3) is 15.9 Å². The fraction of sp³-hybridized carbons (Fsp3) is 0.480. The second-order valence-electron chi connectivity index (χ2n) is 9.51. The molecule has 0 aliphatic carbocycles. The van der Waals surface area contributed by atoms with Gasteiger partial charge in [-0.25, -0.2) is 16.8 Å². The Labute approximate surface area is 219 Å². The number of ether oxygens (including phenoxy) is 2. The molecule has 12 heteroatoms. The first kappa shape index (κ1) is 28.9. The number of hydrogen-bond acceptors (Lipinski definition) is 7. The van der Waals surface area contributed by atoms with Crippen LogP contribution >= 0.6 is 0 Å². The lowest BCUT2D eigenvalue weighted by atomic mass is 10.0. The van der Waals surface area contributed by atoms with Crippen LogP contribution in [0.25, 0.3) is 0 Å². The van der Waals surface area contributed by atoms with Crippen molar-refractivity contribution >= 4 is 31.6 Å². The molecular weight excluding hydrogens is 518 g/mol. The quantitative estimate of drug-likeness (QED) is 0.604. The number of carbonyl (C=O) groups is 1. The minimum absolute atomic E-state index is 0.00425. The Morgan fingerprint density at radius 1 is 1.05 bits per heavy atom. The number of hydrogen-bond donors (Lipinski definition) is 1. The summed E-state index contributed by atoms with van der Waals surface area (Å²) in [6.07, 6.45) is 0.720. The second-order valence-corrected chi connectivity index (χ2v) is 13.1. The van der Waals surface area contributed by atoms with Crippen molar-refractivity contribution < 1.29 is 31.1 Å². The highest BCUT2D eigenvalue weighted by atomic mass is 32.2. The molecule has 0 radical (unpaired) electrons. The van der Waals surface area contributed by atoms with E-state index in [2.05, 4.69) is 4.72 Å². The molecule has 0 unspecified atom stereocenters.